The van der Waals surface area contributed by atoms with Gasteiger partial charge in [0.15, 0.2) is 0 Å². The van der Waals surface area contributed by atoms with Gasteiger partial charge in [-0.05, 0) is 25.6 Å². The first-order chi connectivity index (χ1) is 8.19. The number of hydrogen-bond donors (Lipinski definition) is 2. The van der Waals surface area contributed by atoms with Crippen LogP contribution in [0.5, 0.6) is 5.75 Å². The highest BCUT2D eigenvalue weighted by Gasteiger charge is 2.11. The fourth-order valence-corrected chi connectivity index (χ4v) is 1.59. The van der Waals surface area contributed by atoms with Crippen LogP contribution in [0.25, 0.3) is 0 Å². The summed E-state index contributed by atoms with van der Waals surface area (Å²) in [5.74, 6) is 0.494. The number of methoxy groups -OCH3 is 1. The molecule has 0 radical (unpaired) electrons. The Morgan fingerprint density at radius 1 is 1.41 bits per heavy atom. The zero-order chi connectivity index (χ0) is 12.7. The summed E-state index contributed by atoms with van der Waals surface area (Å²) in [6, 6.07) is 7.47. The molecule has 0 saturated heterocycles. The van der Waals surface area contributed by atoms with Crippen LogP contribution in [0.1, 0.15) is 24.2 Å². The standard InChI is InChI=1S/C13H20N2O2/c1-4-14-10(2)9-15-13(16)11-7-5-6-8-12(11)17-3/h5-8,10,14H,4,9H2,1-3H3,(H,15,16)/t10-/m1/s1. The van der Waals surface area contributed by atoms with E-state index in [0.717, 1.165) is 6.54 Å². The van der Waals surface area contributed by atoms with E-state index in [1.807, 2.05) is 26.0 Å². The van der Waals surface area contributed by atoms with Crippen molar-refractivity contribution in [3.63, 3.8) is 0 Å². The molecule has 0 aliphatic heterocycles. The van der Waals surface area contributed by atoms with Crippen molar-refractivity contribution in [2.24, 2.45) is 0 Å². The van der Waals surface area contributed by atoms with Gasteiger partial charge in [-0.25, -0.2) is 0 Å². The lowest BCUT2D eigenvalue weighted by atomic mass is 10.2. The Balaban J connectivity index is 2.58. The number of likely N-dealkylation sites (N-methyl/N-ethyl adjacent to an activating group) is 1. The highest BCUT2D eigenvalue weighted by molar-refractivity contribution is 5.96. The first kappa shape index (κ1) is 13.5. The largest absolute Gasteiger partial charge is 0.496 e. The summed E-state index contributed by atoms with van der Waals surface area (Å²) in [6.45, 7) is 5.57. The maximum Gasteiger partial charge on any atom is 0.255 e. The minimum atomic E-state index is -0.104. The van der Waals surface area contributed by atoms with Crippen LogP contribution in [-0.2, 0) is 0 Å². The lowest BCUT2D eigenvalue weighted by molar-refractivity contribution is 0.0947. The fourth-order valence-electron chi connectivity index (χ4n) is 1.59. The molecule has 0 unspecified atom stereocenters. The quantitative estimate of drug-likeness (QED) is 0.785. The predicted molar refractivity (Wildman–Crippen MR) is 68.5 cm³/mol. The predicted octanol–water partition coefficient (Wildman–Crippen LogP) is 1.42. The van der Waals surface area contributed by atoms with E-state index in [1.54, 1.807) is 19.2 Å². The number of carbonyl (C=O) groups is 1. The van der Waals surface area contributed by atoms with Gasteiger partial charge in [-0.1, -0.05) is 19.1 Å². The van der Waals surface area contributed by atoms with Gasteiger partial charge in [0.1, 0.15) is 5.75 Å². The van der Waals surface area contributed by atoms with E-state index < -0.39 is 0 Å². The van der Waals surface area contributed by atoms with Crippen molar-refractivity contribution in [2.75, 3.05) is 20.2 Å². The van der Waals surface area contributed by atoms with Crippen LogP contribution in [0.2, 0.25) is 0 Å². The second kappa shape index (κ2) is 6.91. The summed E-state index contributed by atoms with van der Waals surface area (Å²) < 4.78 is 5.14. The Labute approximate surface area is 102 Å². The maximum atomic E-state index is 11.9. The van der Waals surface area contributed by atoms with Gasteiger partial charge in [-0.3, -0.25) is 4.79 Å². The molecule has 1 atom stereocenters. The van der Waals surface area contributed by atoms with E-state index in [4.69, 9.17) is 4.74 Å². The molecule has 1 aromatic rings. The van der Waals surface area contributed by atoms with Crippen molar-refractivity contribution in [1.82, 2.24) is 10.6 Å². The minimum Gasteiger partial charge on any atom is -0.496 e. The molecule has 1 rings (SSSR count). The van der Waals surface area contributed by atoms with Crippen molar-refractivity contribution in [2.45, 2.75) is 19.9 Å². The molecular formula is C13H20N2O2. The van der Waals surface area contributed by atoms with Crippen LogP contribution < -0.4 is 15.4 Å². The SMILES string of the molecule is CCN[C@H](C)CNC(=O)c1ccccc1OC. The van der Waals surface area contributed by atoms with Gasteiger partial charge in [-0.15, -0.1) is 0 Å². The van der Waals surface area contributed by atoms with Crippen molar-refractivity contribution in [1.29, 1.82) is 0 Å². The second-order valence-electron chi connectivity index (χ2n) is 3.87. The Hall–Kier alpha value is -1.55. The lowest BCUT2D eigenvalue weighted by Crippen LogP contribution is -2.38. The number of hydrogen-bond acceptors (Lipinski definition) is 3. The van der Waals surface area contributed by atoms with Crippen molar-refractivity contribution in [3.8, 4) is 5.75 Å². The number of para-hydroxylation sites is 1. The molecule has 1 amide bonds. The molecule has 0 aliphatic rings. The van der Waals surface area contributed by atoms with Crippen molar-refractivity contribution < 1.29 is 9.53 Å². The van der Waals surface area contributed by atoms with Gasteiger partial charge < -0.3 is 15.4 Å². The molecule has 4 heteroatoms. The zero-order valence-corrected chi connectivity index (χ0v) is 10.6. The normalized spacial score (nSPS) is 11.9. The van der Waals surface area contributed by atoms with E-state index in [-0.39, 0.29) is 11.9 Å². The molecule has 0 saturated carbocycles. The first-order valence-electron chi connectivity index (χ1n) is 5.83. The Morgan fingerprint density at radius 2 is 2.12 bits per heavy atom. The van der Waals surface area contributed by atoms with E-state index in [0.29, 0.717) is 17.9 Å². The minimum absolute atomic E-state index is 0.104. The molecule has 0 fully saturated rings. The van der Waals surface area contributed by atoms with Gasteiger partial charge in [0, 0.05) is 12.6 Å². The summed E-state index contributed by atoms with van der Waals surface area (Å²) in [4.78, 5) is 11.9. The lowest BCUT2D eigenvalue weighted by Gasteiger charge is -2.14. The molecule has 94 valence electrons. The van der Waals surface area contributed by atoms with Gasteiger partial charge in [0.2, 0.25) is 0 Å². The average Bonchev–Trinajstić information content (AvgIpc) is 2.36. The molecule has 0 aromatic heterocycles. The van der Waals surface area contributed by atoms with Gasteiger partial charge >= 0.3 is 0 Å². The van der Waals surface area contributed by atoms with Gasteiger partial charge in [0.25, 0.3) is 5.91 Å². The van der Waals surface area contributed by atoms with Gasteiger partial charge in [0.05, 0.1) is 12.7 Å². The summed E-state index contributed by atoms with van der Waals surface area (Å²) >= 11 is 0. The molecule has 4 nitrogen and oxygen atoms in total. The summed E-state index contributed by atoms with van der Waals surface area (Å²) in [7, 11) is 1.56. The highest BCUT2D eigenvalue weighted by atomic mass is 16.5. The average molecular weight is 236 g/mol. The Kier molecular flexibility index (Phi) is 5.49. The second-order valence-corrected chi connectivity index (χ2v) is 3.87. The number of rotatable bonds is 6. The summed E-state index contributed by atoms with van der Waals surface area (Å²) in [6.07, 6.45) is 0. The summed E-state index contributed by atoms with van der Waals surface area (Å²) in [5.41, 5.74) is 0.568. The van der Waals surface area contributed by atoms with Crippen LogP contribution in [0.15, 0.2) is 24.3 Å². The molecule has 1 aromatic carbocycles. The van der Waals surface area contributed by atoms with E-state index >= 15 is 0 Å². The molecule has 0 bridgehead atoms. The highest BCUT2D eigenvalue weighted by Crippen LogP contribution is 2.16. The monoisotopic (exact) mass is 236 g/mol. The molecule has 2 N–H and O–H groups in total. The van der Waals surface area contributed by atoms with Crippen molar-refractivity contribution in [3.05, 3.63) is 29.8 Å². The molecule has 0 heterocycles. The third-order valence-electron chi connectivity index (χ3n) is 2.47. The van der Waals surface area contributed by atoms with E-state index in [2.05, 4.69) is 10.6 Å². The third kappa shape index (κ3) is 4.07. The maximum absolute atomic E-state index is 11.9. The topological polar surface area (TPSA) is 50.4 Å². The first-order valence-corrected chi connectivity index (χ1v) is 5.83. The number of benzene rings is 1. The number of ether oxygens (including phenoxy) is 1. The number of amides is 1. The van der Waals surface area contributed by atoms with Crippen LogP contribution in [-0.4, -0.2) is 32.1 Å². The van der Waals surface area contributed by atoms with Crippen LogP contribution in [0, 0.1) is 0 Å². The molecular weight excluding hydrogens is 216 g/mol. The van der Waals surface area contributed by atoms with E-state index in [1.165, 1.54) is 0 Å². The van der Waals surface area contributed by atoms with Crippen LogP contribution in [0.4, 0.5) is 0 Å². The Bertz CT molecular complexity index is 366. The smallest absolute Gasteiger partial charge is 0.255 e. The third-order valence-corrected chi connectivity index (χ3v) is 2.47. The molecule has 0 aliphatic carbocycles. The van der Waals surface area contributed by atoms with Crippen molar-refractivity contribution >= 4 is 5.91 Å². The number of carbonyl (C=O) groups excluding carboxylic acids is 1. The Morgan fingerprint density at radius 3 is 2.76 bits per heavy atom. The number of nitrogens with one attached hydrogen (secondary N) is 2. The fraction of sp³-hybridized carbons (Fsp3) is 0.462. The van der Waals surface area contributed by atoms with Crippen LogP contribution >= 0.6 is 0 Å². The van der Waals surface area contributed by atoms with Crippen LogP contribution in [0.3, 0.4) is 0 Å². The summed E-state index contributed by atoms with van der Waals surface area (Å²) in [5, 5.41) is 6.11. The van der Waals surface area contributed by atoms with Gasteiger partial charge in [-0.2, -0.15) is 0 Å². The molecule has 0 spiro atoms. The zero-order valence-electron chi connectivity index (χ0n) is 10.6. The van der Waals surface area contributed by atoms with E-state index in [9.17, 15) is 4.79 Å². The molecule has 17 heavy (non-hydrogen) atoms.